The summed E-state index contributed by atoms with van der Waals surface area (Å²) < 4.78 is 19.1. The van der Waals surface area contributed by atoms with Crippen LogP contribution in [-0.4, -0.2) is 49.3 Å². The zero-order valence-corrected chi connectivity index (χ0v) is 14.0. The third-order valence-corrected chi connectivity index (χ3v) is 4.16. The zero-order chi connectivity index (χ0) is 17.5. The van der Waals surface area contributed by atoms with Crippen LogP contribution >= 0.6 is 0 Å². The number of nitriles is 1. The highest BCUT2D eigenvalue weighted by Gasteiger charge is 2.23. The summed E-state index contributed by atoms with van der Waals surface area (Å²) in [4.78, 5) is 14.2. The third kappa shape index (κ3) is 4.91. The van der Waals surface area contributed by atoms with Crippen LogP contribution in [0.2, 0.25) is 0 Å². The molecule has 1 saturated heterocycles. The quantitative estimate of drug-likeness (QED) is 0.857. The van der Waals surface area contributed by atoms with E-state index in [1.165, 1.54) is 18.2 Å². The Morgan fingerprint density at radius 2 is 2.33 bits per heavy atom. The van der Waals surface area contributed by atoms with Gasteiger partial charge >= 0.3 is 6.03 Å². The Hall–Kier alpha value is -2.17. The van der Waals surface area contributed by atoms with Gasteiger partial charge in [0, 0.05) is 37.3 Å². The number of rotatable bonds is 5. The summed E-state index contributed by atoms with van der Waals surface area (Å²) in [6.07, 6.45) is 0. The van der Waals surface area contributed by atoms with E-state index in [4.69, 9.17) is 10.00 Å². The molecule has 6 nitrogen and oxygen atoms in total. The predicted molar refractivity (Wildman–Crippen MR) is 87.8 cm³/mol. The summed E-state index contributed by atoms with van der Waals surface area (Å²) in [5.41, 5.74) is 0.655. The minimum Gasteiger partial charge on any atom is -0.379 e. The minimum absolute atomic E-state index is 0.0372. The van der Waals surface area contributed by atoms with Crippen LogP contribution in [-0.2, 0) is 11.3 Å². The minimum atomic E-state index is -0.440. The van der Waals surface area contributed by atoms with Gasteiger partial charge < -0.3 is 15.4 Å². The molecule has 0 bridgehead atoms. The van der Waals surface area contributed by atoms with Crippen molar-refractivity contribution in [3.05, 3.63) is 35.1 Å². The van der Waals surface area contributed by atoms with Crippen LogP contribution < -0.4 is 10.6 Å². The Kier molecular flexibility index (Phi) is 6.53. The molecule has 1 aliphatic heterocycles. The number of amides is 2. The van der Waals surface area contributed by atoms with Crippen LogP contribution in [0.4, 0.5) is 9.18 Å². The van der Waals surface area contributed by atoms with E-state index >= 15 is 0 Å². The Labute approximate surface area is 141 Å². The lowest BCUT2D eigenvalue weighted by atomic mass is 10.1. The molecule has 1 fully saturated rings. The summed E-state index contributed by atoms with van der Waals surface area (Å²) >= 11 is 0. The first-order valence-electron chi connectivity index (χ1n) is 8.05. The summed E-state index contributed by atoms with van der Waals surface area (Å²) in [5.74, 6) is -0.440. The molecule has 2 rings (SSSR count). The van der Waals surface area contributed by atoms with E-state index in [-0.39, 0.29) is 18.6 Å². The van der Waals surface area contributed by atoms with Gasteiger partial charge in [0.25, 0.3) is 0 Å². The molecule has 24 heavy (non-hydrogen) atoms. The van der Waals surface area contributed by atoms with Crippen LogP contribution in [0.1, 0.15) is 25.0 Å². The van der Waals surface area contributed by atoms with Gasteiger partial charge in [-0.05, 0) is 32.0 Å². The van der Waals surface area contributed by atoms with E-state index in [0.29, 0.717) is 36.9 Å². The van der Waals surface area contributed by atoms with E-state index in [1.54, 1.807) is 0 Å². The van der Waals surface area contributed by atoms with Crippen LogP contribution in [0.5, 0.6) is 0 Å². The number of nitrogens with zero attached hydrogens (tertiary/aromatic N) is 2. The van der Waals surface area contributed by atoms with Crippen LogP contribution in [0.25, 0.3) is 0 Å². The van der Waals surface area contributed by atoms with E-state index in [9.17, 15) is 9.18 Å². The molecule has 0 aromatic heterocycles. The summed E-state index contributed by atoms with van der Waals surface area (Å²) in [6.45, 7) is 6.93. The van der Waals surface area contributed by atoms with E-state index in [0.717, 1.165) is 6.54 Å². The van der Waals surface area contributed by atoms with Gasteiger partial charge in [-0.3, -0.25) is 4.90 Å². The van der Waals surface area contributed by atoms with Gasteiger partial charge in [0.1, 0.15) is 5.82 Å². The Balaban J connectivity index is 1.78. The van der Waals surface area contributed by atoms with Crippen molar-refractivity contribution in [3.8, 4) is 6.07 Å². The van der Waals surface area contributed by atoms with Crippen molar-refractivity contribution in [3.63, 3.8) is 0 Å². The van der Waals surface area contributed by atoms with Crippen LogP contribution in [0.3, 0.4) is 0 Å². The van der Waals surface area contributed by atoms with E-state index < -0.39 is 5.82 Å². The van der Waals surface area contributed by atoms with Gasteiger partial charge in [-0.1, -0.05) is 0 Å². The molecule has 0 radical (unpaired) electrons. The molecule has 0 saturated carbocycles. The van der Waals surface area contributed by atoms with Crippen molar-refractivity contribution in [2.24, 2.45) is 0 Å². The van der Waals surface area contributed by atoms with Crippen molar-refractivity contribution in [2.75, 3.05) is 26.3 Å². The molecule has 1 aromatic rings. The van der Waals surface area contributed by atoms with Crippen molar-refractivity contribution in [1.29, 1.82) is 5.26 Å². The first-order valence-corrected chi connectivity index (χ1v) is 8.05. The largest absolute Gasteiger partial charge is 0.379 e. The maximum Gasteiger partial charge on any atom is 0.315 e. The first-order chi connectivity index (χ1) is 11.5. The number of carbonyl (C=O) groups excluding carboxylic acids is 1. The first kappa shape index (κ1) is 18.2. The fourth-order valence-electron chi connectivity index (χ4n) is 2.77. The van der Waals surface area contributed by atoms with Gasteiger partial charge in [0.15, 0.2) is 0 Å². The second kappa shape index (κ2) is 8.62. The Morgan fingerprint density at radius 3 is 3.04 bits per heavy atom. The van der Waals surface area contributed by atoms with Crippen molar-refractivity contribution in [1.82, 2.24) is 15.5 Å². The van der Waals surface area contributed by atoms with Crippen molar-refractivity contribution >= 4 is 6.03 Å². The molecule has 0 spiro atoms. The SMILES string of the molecule is C[C@@H]1COCCN1[C@@H](C)CNC(=O)NCc1cc(C#N)ccc1F. The van der Waals surface area contributed by atoms with Crippen LogP contribution in [0.15, 0.2) is 18.2 Å². The average Bonchev–Trinajstić information content (AvgIpc) is 2.59. The third-order valence-electron chi connectivity index (χ3n) is 4.16. The highest BCUT2D eigenvalue weighted by atomic mass is 19.1. The van der Waals surface area contributed by atoms with Crippen LogP contribution in [0, 0.1) is 17.1 Å². The molecular formula is C17H23FN4O2. The Bertz CT molecular complexity index is 617. The lowest BCUT2D eigenvalue weighted by molar-refractivity contribution is -0.0176. The standard InChI is InChI=1S/C17H23FN4O2/c1-12(22-5-6-24-11-13(22)2)9-20-17(23)21-10-15-7-14(8-19)3-4-16(15)18/h3-4,7,12-13H,5-6,9-11H2,1-2H3,(H2,20,21,23)/t12-,13+/m0/s1. The molecule has 2 atom stereocenters. The molecule has 1 aromatic carbocycles. The van der Waals surface area contributed by atoms with Gasteiger partial charge in [0.2, 0.25) is 0 Å². The maximum atomic E-state index is 13.7. The smallest absolute Gasteiger partial charge is 0.315 e. The van der Waals surface area contributed by atoms with Crippen molar-refractivity contribution < 1.29 is 13.9 Å². The summed E-state index contributed by atoms with van der Waals surface area (Å²) in [7, 11) is 0. The number of halogens is 1. The fourth-order valence-corrected chi connectivity index (χ4v) is 2.77. The normalized spacial score (nSPS) is 19.3. The number of hydrogen-bond acceptors (Lipinski definition) is 4. The molecule has 7 heteroatoms. The molecule has 1 heterocycles. The second-order valence-electron chi connectivity index (χ2n) is 5.99. The topological polar surface area (TPSA) is 77.4 Å². The number of urea groups is 1. The maximum absolute atomic E-state index is 13.7. The average molecular weight is 334 g/mol. The van der Waals surface area contributed by atoms with Gasteiger partial charge in [-0.2, -0.15) is 5.26 Å². The van der Waals surface area contributed by atoms with Crippen molar-refractivity contribution in [2.45, 2.75) is 32.5 Å². The van der Waals surface area contributed by atoms with Gasteiger partial charge in [-0.15, -0.1) is 0 Å². The number of hydrogen-bond donors (Lipinski definition) is 2. The molecule has 0 unspecified atom stereocenters. The number of morpholine rings is 1. The molecule has 2 N–H and O–H groups in total. The van der Waals surface area contributed by atoms with E-state index in [2.05, 4.69) is 29.4 Å². The predicted octanol–water partition coefficient (Wildman–Crippen LogP) is 1.61. The molecule has 1 aliphatic rings. The van der Waals surface area contributed by atoms with Gasteiger partial charge in [-0.25, -0.2) is 9.18 Å². The molecule has 130 valence electrons. The lowest BCUT2D eigenvalue weighted by Gasteiger charge is -2.37. The molecule has 2 amide bonds. The molecular weight excluding hydrogens is 311 g/mol. The highest BCUT2D eigenvalue weighted by Crippen LogP contribution is 2.11. The second-order valence-corrected chi connectivity index (χ2v) is 5.99. The number of benzene rings is 1. The number of carbonyl (C=O) groups is 1. The number of nitrogens with one attached hydrogen (secondary N) is 2. The lowest BCUT2D eigenvalue weighted by Crippen LogP contribution is -2.52. The number of ether oxygens (including phenoxy) is 1. The summed E-state index contributed by atoms with van der Waals surface area (Å²) in [6, 6.07) is 6.18. The molecule has 0 aliphatic carbocycles. The monoisotopic (exact) mass is 334 g/mol. The zero-order valence-electron chi connectivity index (χ0n) is 14.0. The Morgan fingerprint density at radius 1 is 1.54 bits per heavy atom. The highest BCUT2D eigenvalue weighted by molar-refractivity contribution is 5.73. The van der Waals surface area contributed by atoms with Gasteiger partial charge in [0.05, 0.1) is 24.8 Å². The van der Waals surface area contributed by atoms with E-state index in [1.807, 2.05) is 6.07 Å². The summed E-state index contributed by atoms with van der Waals surface area (Å²) in [5, 5.41) is 14.3. The fraction of sp³-hybridized carbons (Fsp3) is 0.529.